The van der Waals surface area contributed by atoms with Crippen molar-refractivity contribution in [1.82, 2.24) is 15.0 Å². The van der Waals surface area contributed by atoms with Crippen molar-refractivity contribution in [2.24, 2.45) is 0 Å². The minimum atomic E-state index is -4.49. The summed E-state index contributed by atoms with van der Waals surface area (Å²) in [7, 11) is 0. The molecule has 0 aliphatic heterocycles. The van der Waals surface area contributed by atoms with Crippen molar-refractivity contribution >= 4 is 11.8 Å². The normalized spacial score (nSPS) is 11.6. The summed E-state index contributed by atoms with van der Waals surface area (Å²) >= 11 is 1.06. The van der Waals surface area contributed by atoms with E-state index < -0.39 is 11.9 Å². The van der Waals surface area contributed by atoms with E-state index in [1.165, 1.54) is 6.20 Å². The predicted molar refractivity (Wildman–Crippen MR) is 62.0 cm³/mol. The highest BCUT2D eigenvalue weighted by atomic mass is 32.2. The predicted octanol–water partition coefficient (Wildman–Crippen LogP) is 3.28. The number of halogens is 3. The molecule has 0 spiro atoms. The summed E-state index contributed by atoms with van der Waals surface area (Å²) in [5.41, 5.74) is -0.398. The summed E-state index contributed by atoms with van der Waals surface area (Å²) in [6, 6.07) is 5.88. The van der Waals surface area contributed by atoms with E-state index in [0.29, 0.717) is 5.69 Å². The molecule has 7 heteroatoms. The number of alkyl halides is 3. The van der Waals surface area contributed by atoms with Gasteiger partial charge in [0.2, 0.25) is 0 Å². The van der Waals surface area contributed by atoms with E-state index in [-0.39, 0.29) is 10.9 Å². The first-order valence-electron chi connectivity index (χ1n) is 4.92. The van der Waals surface area contributed by atoms with Gasteiger partial charge in [-0.1, -0.05) is 17.8 Å². The topological polar surface area (TPSA) is 38.7 Å². The summed E-state index contributed by atoms with van der Waals surface area (Å²) in [4.78, 5) is 11.5. The Labute approximate surface area is 105 Å². The van der Waals surface area contributed by atoms with Gasteiger partial charge in [-0.15, -0.1) is 0 Å². The molecule has 0 aliphatic carbocycles. The molecule has 18 heavy (non-hydrogen) atoms. The van der Waals surface area contributed by atoms with E-state index in [2.05, 4.69) is 15.0 Å². The van der Waals surface area contributed by atoms with Crippen LogP contribution >= 0.6 is 11.8 Å². The lowest BCUT2D eigenvalue weighted by molar-refractivity contribution is -0.141. The molecule has 2 aromatic heterocycles. The summed E-state index contributed by atoms with van der Waals surface area (Å²) in [5, 5.41) is 0.0745. The van der Waals surface area contributed by atoms with Gasteiger partial charge in [0.25, 0.3) is 0 Å². The molecule has 2 heterocycles. The van der Waals surface area contributed by atoms with Crippen molar-refractivity contribution in [2.45, 2.75) is 11.3 Å². The zero-order valence-corrected chi connectivity index (χ0v) is 10.1. The molecular formula is C11H8F3N3S. The van der Waals surface area contributed by atoms with Crippen LogP contribution in [0, 0.1) is 0 Å². The monoisotopic (exact) mass is 271 g/mol. The van der Waals surface area contributed by atoms with Crippen LogP contribution in [0.25, 0.3) is 11.4 Å². The molecule has 0 radical (unpaired) electrons. The van der Waals surface area contributed by atoms with E-state index in [9.17, 15) is 13.2 Å². The maximum Gasteiger partial charge on any atom is 0.433 e. The molecule has 0 aliphatic rings. The number of hydrogen-bond acceptors (Lipinski definition) is 4. The fourth-order valence-corrected chi connectivity index (χ4v) is 1.69. The largest absolute Gasteiger partial charge is 0.433 e. The maximum absolute atomic E-state index is 12.7. The Kier molecular flexibility index (Phi) is 3.51. The van der Waals surface area contributed by atoms with Crippen molar-refractivity contribution in [2.75, 3.05) is 6.26 Å². The van der Waals surface area contributed by atoms with Gasteiger partial charge >= 0.3 is 6.18 Å². The Morgan fingerprint density at radius 2 is 1.89 bits per heavy atom. The van der Waals surface area contributed by atoms with Crippen molar-refractivity contribution in [3.05, 3.63) is 36.2 Å². The number of pyridine rings is 1. The molecule has 0 aromatic carbocycles. The molecule has 3 nitrogen and oxygen atoms in total. The van der Waals surface area contributed by atoms with Gasteiger partial charge in [0.1, 0.15) is 5.69 Å². The Bertz CT molecular complexity index is 543. The molecule has 2 aromatic rings. The molecular weight excluding hydrogens is 263 g/mol. The van der Waals surface area contributed by atoms with E-state index >= 15 is 0 Å². The minimum absolute atomic E-state index is 0.0745. The van der Waals surface area contributed by atoms with Crippen LogP contribution in [-0.4, -0.2) is 21.2 Å². The second-order valence-corrected chi connectivity index (χ2v) is 4.11. The van der Waals surface area contributed by atoms with Crippen molar-refractivity contribution in [3.8, 4) is 11.4 Å². The second-order valence-electron chi connectivity index (χ2n) is 3.34. The van der Waals surface area contributed by atoms with Gasteiger partial charge in [-0.3, -0.25) is 4.98 Å². The summed E-state index contributed by atoms with van der Waals surface area (Å²) in [6.07, 6.45) is -1.36. The van der Waals surface area contributed by atoms with Gasteiger partial charge in [0.05, 0.1) is 11.4 Å². The van der Waals surface area contributed by atoms with Crippen molar-refractivity contribution in [1.29, 1.82) is 0 Å². The fourth-order valence-electron chi connectivity index (χ4n) is 1.31. The lowest BCUT2D eigenvalue weighted by Gasteiger charge is -2.08. The quantitative estimate of drug-likeness (QED) is 0.620. The van der Waals surface area contributed by atoms with Gasteiger partial charge in [-0.2, -0.15) is 13.2 Å². The number of aromatic nitrogens is 3. The summed E-state index contributed by atoms with van der Waals surface area (Å²) in [5.74, 6) is 0. The highest BCUT2D eigenvalue weighted by Crippen LogP contribution is 2.30. The third-order valence-electron chi connectivity index (χ3n) is 2.11. The standard InChI is InChI=1S/C11H8F3N3S/c1-18-10-16-8(7-4-2-3-5-15-7)6-9(17-10)11(12,13)14/h2-6H,1H3. The molecule has 0 N–H and O–H groups in total. The first-order chi connectivity index (χ1) is 8.50. The van der Waals surface area contributed by atoms with Gasteiger partial charge in [0.15, 0.2) is 5.16 Å². The van der Waals surface area contributed by atoms with Crippen LogP contribution in [0.15, 0.2) is 35.6 Å². The number of nitrogens with zero attached hydrogens (tertiary/aromatic N) is 3. The molecule has 94 valence electrons. The fraction of sp³-hybridized carbons (Fsp3) is 0.182. The first kappa shape index (κ1) is 12.8. The average molecular weight is 271 g/mol. The average Bonchev–Trinajstić information content (AvgIpc) is 2.38. The Hall–Kier alpha value is -1.63. The minimum Gasteiger partial charge on any atom is -0.255 e. The zero-order chi connectivity index (χ0) is 13.2. The lowest BCUT2D eigenvalue weighted by atomic mass is 10.2. The van der Waals surface area contributed by atoms with Crippen LogP contribution in [0.3, 0.4) is 0 Å². The van der Waals surface area contributed by atoms with Crippen molar-refractivity contribution in [3.63, 3.8) is 0 Å². The van der Waals surface area contributed by atoms with Gasteiger partial charge < -0.3 is 0 Å². The molecule has 0 unspecified atom stereocenters. The van der Waals surface area contributed by atoms with Crippen LogP contribution in [0.1, 0.15) is 5.69 Å². The van der Waals surface area contributed by atoms with Crippen LogP contribution < -0.4 is 0 Å². The maximum atomic E-state index is 12.7. The van der Waals surface area contributed by atoms with E-state index in [1.54, 1.807) is 24.5 Å². The van der Waals surface area contributed by atoms with Gasteiger partial charge in [-0.25, -0.2) is 9.97 Å². The van der Waals surface area contributed by atoms with E-state index in [0.717, 1.165) is 17.8 Å². The smallest absolute Gasteiger partial charge is 0.255 e. The molecule has 0 saturated heterocycles. The van der Waals surface area contributed by atoms with Crippen LogP contribution in [-0.2, 0) is 6.18 Å². The highest BCUT2D eigenvalue weighted by Gasteiger charge is 2.33. The molecule has 2 rings (SSSR count). The third-order valence-corrected chi connectivity index (χ3v) is 2.65. The lowest BCUT2D eigenvalue weighted by Crippen LogP contribution is -2.10. The molecule has 0 amide bonds. The van der Waals surface area contributed by atoms with Crippen LogP contribution in [0.4, 0.5) is 13.2 Å². The SMILES string of the molecule is CSc1nc(-c2ccccn2)cc(C(F)(F)F)n1. The molecule has 0 fully saturated rings. The number of rotatable bonds is 2. The Morgan fingerprint density at radius 1 is 1.11 bits per heavy atom. The van der Waals surface area contributed by atoms with Crippen LogP contribution in [0.5, 0.6) is 0 Å². The molecule has 0 atom stereocenters. The highest BCUT2D eigenvalue weighted by molar-refractivity contribution is 7.98. The van der Waals surface area contributed by atoms with E-state index in [1.807, 2.05) is 0 Å². The number of hydrogen-bond donors (Lipinski definition) is 0. The number of thioether (sulfide) groups is 1. The molecule has 0 bridgehead atoms. The first-order valence-corrected chi connectivity index (χ1v) is 6.15. The van der Waals surface area contributed by atoms with Gasteiger partial charge in [-0.05, 0) is 24.5 Å². The van der Waals surface area contributed by atoms with Gasteiger partial charge in [0, 0.05) is 6.20 Å². The molecule has 0 saturated carbocycles. The third kappa shape index (κ3) is 2.79. The summed E-state index contributed by atoms with van der Waals surface area (Å²) in [6.45, 7) is 0. The second kappa shape index (κ2) is 4.93. The van der Waals surface area contributed by atoms with E-state index in [4.69, 9.17) is 0 Å². The Balaban J connectivity index is 2.55. The summed E-state index contributed by atoms with van der Waals surface area (Å²) < 4.78 is 38.0. The zero-order valence-electron chi connectivity index (χ0n) is 9.27. The van der Waals surface area contributed by atoms with Crippen LogP contribution in [0.2, 0.25) is 0 Å². The van der Waals surface area contributed by atoms with Crippen molar-refractivity contribution < 1.29 is 13.2 Å². The Morgan fingerprint density at radius 3 is 2.44 bits per heavy atom.